The van der Waals surface area contributed by atoms with Gasteiger partial charge < -0.3 is 29.7 Å². The largest absolute Gasteiger partial charge is 0.495 e. The van der Waals surface area contributed by atoms with Crippen LogP contribution in [-0.2, 0) is 27.4 Å². The van der Waals surface area contributed by atoms with Crippen LogP contribution in [0.25, 0.3) is 11.3 Å². The molecule has 1 amide bonds. The van der Waals surface area contributed by atoms with E-state index >= 15 is 0 Å². The summed E-state index contributed by atoms with van der Waals surface area (Å²) >= 11 is 0. The molecule has 1 saturated heterocycles. The molecule has 1 aliphatic rings. The molecular weight excluding hydrogens is 515 g/mol. The second kappa shape index (κ2) is 12.9. The number of carboxylic acids is 1. The molecule has 1 fully saturated rings. The number of halogens is 1. The van der Waals surface area contributed by atoms with Crippen molar-refractivity contribution < 1.29 is 43.2 Å². The summed E-state index contributed by atoms with van der Waals surface area (Å²) in [5, 5.41) is 30.3. The summed E-state index contributed by atoms with van der Waals surface area (Å²) in [6.07, 6.45) is -3.08. The van der Waals surface area contributed by atoms with E-state index in [0.29, 0.717) is 18.5 Å². The van der Waals surface area contributed by atoms with Gasteiger partial charge in [0.05, 0.1) is 17.9 Å². The Bertz CT molecular complexity index is 1300. The molecule has 3 unspecified atom stereocenters. The number of aliphatic carboxylic acids is 1. The second-order valence-electron chi connectivity index (χ2n) is 8.83. The molecule has 12 nitrogen and oxygen atoms in total. The van der Waals surface area contributed by atoms with E-state index in [2.05, 4.69) is 20.4 Å². The lowest BCUT2D eigenvalue weighted by atomic mass is 10.0. The molecule has 0 radical (unpaired) electrons. The van der Waals surface area contributed by atoms with Crippen LogP contribution in [0.5, 0.6) is 5.75 Å². The number of hydrogen-bond donors (Lipinski definition) is 3. The summed E-state index contributed by atoms with van der Waals surface area (Å²) in [6, 6.07) is 13.8. The third-order valence-corrected chi connectivity index (χ3v) is 5.90. The van der Waals surface area contributed by atoms with Crippen molar-refractivity contribution in [3.8, 4) is 17.0 Å². The minimum atomic E-state index is -1.96. The summed E-state index contributed by atoms with van der Waals surface area (Å²) < 4.78 is 29.7. The predicted molar refractivity (Wildman–Crippen MR) is 132 cm³/mol. The molecule has 0 bridgehead atoms. The van der Waals surface area contributed by atoms with Gasteiger partial charge in [-0.2, -0.15) is 0 Å². The van der Waals surface area contributed by atoms with Crippen molar-refractivity contribution in [2.75, 3.05) is 6.54 Å². The number of hydrogen-bond acceptors (Lipinski definition) is 9. The SMILES string of the molecule is O=C(F)OCc1ccc(OC2CC(O)CC(C(=O)O)O2)c(C(=O)NCCCn2cc(-c3ccccc3)nn2)c1. The minimum Gasteiger partial charge on any atom is -0.479 e. The highest BCUT2D eigenvalue weighted by Crippen LogP contribution is 2.27. The number of carbonyl (C=O) groups excluding carboxylic acids is 2. The van der Waals surface area contributed by atoms with Crippen molar-refractivity contribution in [1.82, 2.24) is 20.3 Å². The van der Waals surface area contributed by atoms with Gasteiger partial charge in [-0.1, -0.05) is 41.6 Å². The van der Waals surface area contributed by atoms with E-state index in [4.69, 9.17) is 9.47 Å². The zero-order chi connectivity index (χ0) is 27.8. The van der Waals surface area contributed by atoms with Crippen molar-refractivity contribution in [2.24, 2.45) is 0 Å². The number of carbonyl (C=O) groups is 3. The molecule has 0 spiro atoms. The zero-order valence-corrected chi connectivity index (χ0v) is 20.7. The van der Waals surface area contributed by atoms with Crippen LogP contribution in [0.15, 0.2) is 54.7 Å². The summed E-state index contributed by atoms with van der Waals surface area (Å²) in [5.74, 6) is -1.73. The lowest BCUT2D eigenvalue weighted by molar-refractivity contribution is -0.195. The molecule has 13 heteroatoms. The first-order valence-corrected chi connectivity index (χ1v) is 12.2. The van der Waals surface area contributed by atoms with Gasteiger partial charge in [0.25, 0.3) is 5.91 Å². The monoisotopic (exact) mass is 542 g/mol. The van der Waals surface area contributed by atoms with E-state index in [1.807, 2.05) is 36.5 Å². The van der Waals surface area contributed by atoms with Gasteiger partial charge in [-0.25, -0.2) is 9.59 Å². The Morgan fingerprint density at radius 3 is 2.69 bits per heavy atom. The Hall–Kier alpha value is -4.36. The Morgan fingerprint density at radius 1 is 1.15 bits per heavy atom. The number of rotatable bonds is 11. The highest BCUT2D eigenvalue weighted by atomic mass is 19.1. The first-order valence-electron chi connectivity index (χ1n) is 12.2. The molecule has 0 saturated carbocycles. The third-order valence-electron chi connectivity index (χ3n) is 5.90. The summed E-state index contributed by atoms with van der Waals surface area (Å²) in [5.41, 5.74) is 2.02. The average molecular weight is 543 g/mol. The maximum absolute atomic E-state index is 13.0. The van der Waals surface area contributed by atoms with Gasteiger partial charge in [0, 0.05) is 31.5 Å². The fourth-order valence-electron chi connectivity index (χ4n) is 4.01. The van der Waals surface area contributed by atoms with Crippen LogP contribution in [0, 0.1) is 0 Å². The van der Waals surface area contributed by atoms with E-state index in [-0.39, 0.29) is 30.7 Å². The van der Waals surface area contributed by atoms with Gasteiger partial charge in [0.1, 0.15) is 18.1 Å². The topological polar surface area (TPSA) is 162 Å². The van der Waals surface area contributed by atoms with Crippen molar-refractivity contribution in [3.63, 3.8) is 0 Å². The Morgan fingerprint density at radius 2 is 1.95 bits per heavy atom. The number of aromatic nitrogens is 3. The molecule has 2 aromatic carbocycles. The maximum Gasteiger partial charge on any atom is 0.495 e. The fraction of sp³-hybridized carbons (Fsp3) is 0.346. The third kappa shape index (κ3) is 7.82. The molecule has 2 heterocycles. The Balaban J connectivity index is 1.39. The average Bonchev–Trinajstić information content (AvgIpc) is 3.39. The van der Waals surface area contributed by atoms with Gasteiger partial charge in [-0.05, 0) is 24.1 Å². The van der Waals surface area contributed by atoms with Crippen LogP contribution in [0.4, 0.5) is 9.18 Å². The highest BCUT2D eigenvalue weighted by Gasteiger charge is 2.34. The van der Waals surface area contributed by atoms with E-state index in [0.717, 1.165) is 11.3 Å². The molecule has 1 aliphatic heterocycles. The maximum atomic E-state index is 13.0. The number of amides is 1. The van der Waals surface area contributed by atoms with E-state index in [9.17, 15) is 29.0 Å². The molecule has 206 valence electrons. The normalized spacial score (nSPS) is 18.8. The lowest BCUT2D eigenvalue weighted by Crippen LogP contribution is -2.42. The Labute approximate surface area is 222 Å². The number of aliphatic hydroxyl groups is 1. The Kier molecular flexibility index (Phi) is 9.18. The lowest BCUT2D eigenvalue weighted by Gasteiger charge is -2.31. The van der Waals surface area contributed by atoms with Gasteiger partial charge in [0.15, 0.2) is 6.10 Å². The molecule has 1 aromatic heterocycles. The number of carboxylic acid groups (broad SMARTS) is 1. The second-order valence-corrected chi connectivity index (χ2v) is 8.83. The number of nitrogens with zero attached hydrogens (tertiary/aromatic N) is 3. The van der Waals surface area contributed by atoms with Gasteiger partial charge in [-0.15, -0.1) is 9.49 Å². The van der Waals surface area contributed by atoms with Crippen molar-refractivity contribution >= 4 is 18.1 Å². The quantitative estimate of drug-likeness (QED) is 0.243. The predicted octanol–water partition coefficient (Wildman–Crippen LogP) is 2.70. The molecule has 3 atom stereocenters. The molecule has 0 aliphatic carbocycles. The van der Waals surface area contributed by atoms with Crippen LogP contribution >= 0.6 is 0 Å². The first kappa shape index (κ1) is 27.7. The molecular formula is C26H27FN4O8. The van der Waals surface area contributed by atoms with Crippen molar-refractivity contribution in [2.45, 2.75) is 50.9 Å². The molecule has 4 rings (SSSR count). The number of aryl methyl sites for hydroxylation is 1. The van der Waals surface area contributed by atoms with E-state index < -0.39 is 43.2 Å². The minimum absolute atomic E-state index is 0.00503. The summed E-state index contributed by atoms with van der Waals surface area (Å²) in [7, 11) is 0. The van der Waals surface area contributed by atoms with E-state index in [1.54, 1.807) is 4.68 Å². The number of nitrogens with one attached hydrogen (secondary N) is 1. The highest BCUT2D eigenvalue weighted by molar-refractivity contribution is 5.97. The number of benzene rings is 2. The fourth-order valence-corrected chi connectivity index (χ4v) is 4.01. The molecule has 3 aromatic rings. The van der Waals surface area contributed by atoms with Gasteiger partial charge >= 0.3 is 12.2 Å². The van der Waals surface area contributed by atoms with Crippen LogP contribution in [0.3, 0.4) is 0 Å². The number of ether oxygens (including phenoxy) is 3. The summed E-state index contributed by atoms with van der Waals surface area (Å²) in [4.78, 5) is 34.9. The zero-order valence-electron chi connectivity index (χ0n) is 20.7. The van der Waals surface area contributed by atoms with E-state index in [1.165, 1.54) is 18.2 Å². The first-order chi connectivity index (χ1) is 18.8. The van der Waals surface area contributed by atoms with Crippen molar-refractivity contribution in [3.05, 3.63) is 65.9 Å². The number of aliphatic hydroxyl groups excluding tert-OH is 1. The molecule has 39 heavy (non-hydrogen) atoms. The van der Waals surface area contributed by atoms with Gasteiger partial charge in [0.2, 0.25) is 6.29 Å². The van der Waals surface area contributed by atoms with Crippen molar-refractivity contribution in [1.29, 1.82) is 0 Å². The van der Waals surface area contributed by atoms with Crippen LogP contribution < -0.4 is 10.1 Å². The van der Waals surface area contributed by atoms with Crippen LogP contribution in [0.1, 0.15) is 35.2 Å². The van der Waals surface area contributed by atoms with Gasteiger partial charge in [-0.3, -0.25) is 9.48 Å². The standard InChI is InChI=1S/C26H27FN4O8/c27-26(36)37-15-16-7-8-21(38-23-13-18(32)12-22(39-23)25(34)35)19(11-16)24(33)28-9-4-10-31-14-20(29-30-31)17-5-2-1-3-6-17/h1-3,5-8,11,14,18,22-23,32H,4,9-10,12-13,15H2,(H,28,33)(H,34,35). The smallest absolute Gasteiger partial charge is 0.479 e. The molecule has 3 N–H and O–H groups in total. The summed E-state index contributed by atoms with van der Waals surface area (Å²) in [6.45, 7) is 0.342. The van der Waals surface area contributed by atoms with Crippen LogP contribution in [-0.4, -0.2) is 68.3 Å². The van der Waals surface area contributed by atoms with Crippen LogP contribution in [0.2, 0.25) is 0 Å².